The van der Waals surface area contributed by atoms with Crippen LogP contribution in [0.2, 0.25) is 0 Å². The first-order valence-corrected chi connectivity index (χ1v) is 7.57. The predicted octanol–water partition coefficient (Wildman–Crippen LogP) is 2.47. The van der Waals surface area contributed by atoms with E-state index >= 15 is 0 Å². The van der Waals surface area contributed by atoms with Crippen molar-refractivity contribution in [3.8, 4) is 11.5 Å². The highest BCUT2D eigenvalue weighted by atomic mass is 16.5. The maximum Gasteiger partial charge on any atom is 0.193 e. The average Bonchev–Trinajstić information content (AvgIpc) is 2.59. The van der Waals surface area contributed by atoms with Crippen LogP contribution in [0.4, 0.5) is 5.69 Å². The number of aliphatic hydroxyl groups is 1. The second kappa shape index (κ2) is 8.21. The molecule has 0 fully saturated rings. The summed E-state index contributed by atoms with van der Waals surface area (Å²) in [5.41, 5.74) is 8.45. The summed E-state index contributed by atoms with van der Waals surface area (Å²) in [7, 11) is 3.12. The van der Waals surface area contributed by atoms with Gasteiger partial charge in [0.1, 0.15) is 17.6 Å². The zero-order valence-corrected chi connectivity index (χ0v) is 14.1. The van der Waals surface area contributed by atoms with E-state index in [1.165, 1.54) is 0 Å². The monoisotopic (exact) mass is 329 g/mol. The Kier molecular flexibility index (Phi) is 6.03. The molecule has 1 atom stereocenters. The van der Waals surface area contributed by atoms with E-state index in [4.69, 9.17) is 15.2 Å². The fourth-order valence-corrected chi connectivity index (χ4v) is 2.29. The van der Waals surface area contributed by atoms with E-state index in [0.717, 1.165) is 11.3 Å². The zero-order valence-electron chi connectivity index (χ0n) is 14.1. The van der Waals surface area contributed by atoms with E-state index in [-0.39, 0.29) is 12.5 Å². The van der Waals surface area contributed by atoms with Gasteiger partial charge in [-0.15, -0.1) is 0 Å². The van der Waals surface area contributed by atoms with Crippen molar-refractivity contribution >= 4 is 11.6 Å². The van der Waals surface area contributed by atoms with Crippen LogP contribution in [0.5, 0.6) is 11.5 Å². The molecule has 0 radical (unpaired) electrons. The number of guanidine groups is 1. The molecule has 0 spiro atoms. The Morgan fingerprint density at radius 2 is 2.00 bits per heavy atom. The normalized spacial score (nSPS) is 12.6. The van der Waals surface area contributed by atoms with Crippen LogP contribution in [0.15, 0.2) is 47.5 Å². The van der Waals surface area contributed by atoms with Crippen molar-refractivity contribution in [3.63, 3.8) is 0 Å². The van der Waals surface area contributed by atoms with Crippen molar-refractivity contribution in [2.24, 2.45) is 10.7 Å². The topological polar surface area (TPSA) is 89.1 Å². The summed E-state index contributed by atoms with van der Waals surface area (Å²) in [4.78, 5) is 4.19. The number of aliphatic imine (C=N–C) groups is 1. The number of rotatable bonds is 6. The summed E-state index contributed by atoms with van der Waals surface area (Å²) in [5.74, 6) is 1.45. The van der Waals surface area contributed by atoms with Gasteiger partial charge in [-0.1, -0.05) is 12.1 Å². The minimum atomic E-state index is -0.854. The van der Waals surface area contributed by atoms with Crippen molar-refractivity contribution in [1.29, 1.82) is 0 Å². The Morgan fingerprint density at radius 1 is 1.21 bits per heavy atom. The number of hydrogen-bond donors (Lipinski definition) is 3. The van der Waals surface area contributed by atoms with Crippen LogP contribution in [0.3, 0.4) is 0 Å². The lowest BCUT2D eigenvalue weighted by molar-refractivity contribution is 0.182. The van der Waals surface area contributed by atoms with Gasteiger partial charge >= 0.3 is 0 Å². The Bertz CT molecular complexity index is 716. The molecular weight excluding hydrogens is 306 g/mol. The van der Waals surface area contributed by atoms with Crippen molar-refractivity contribution in [1.82, 2.24) is 0 Å². The van der Waals surface area contributed by atoms with Gasteiger partial charge in [0, 0.05) is 11.3 Å². The first-order valence-electron chi connectivity index (χ1n) is 7.57. The molecule has 6 heteroatoms. The number of ether oxygens (including phenoxy) is 2. The van der Waals surface area contributed by atoms with E-state index < -0.39 is 6.10 Å². The molecule has 128 valence electrons. The fourth-order valence-electron chi connectivity index (χ4n) is 2.29. The number of aliphatic hydroxyl groups excluding tert-OH is 1. The van der Waals surface area contributed by atoms with Crippen molar-refractivity contribution in [2.45, 2.75) is 13.0 Å². The van der Waals surface area contributed by atoms with Crippen LogP contribution in [0.1, 0.15) is 17.2 Å². The van der Waals surface area contributed by atoms with Crippen LogP contribution in [0.25, 0.3) is 0 Å². The number of nitrogens with zero attached hydrogens (tertiary/aromatic N) is 1. The zero-order chi connectivity index (χ0) is 17.5. The van der Waals surface area contributed by atoms with Gasteiger partial charge in [0.2, 0.25) is 0 Å². The molecule has 2 rings (SSSR count). The Hall–Kier alpha value is -2.73. The fraction of sp³-hybridized carbons (Fsp3) is 0.278. The van der Waals surface area contributed by atoms with Crippen LogP contribution in [0, 0.1) is 6.92 Å². The van der Waals surface area contributed by atoms with Crippen molar-refractivity contribution in [3.05, 3.63) is 53.6 Å². The largest absolute Gasteiger partial charge is 0.497 e. The van der Waals surface area contributed by atoms with Gasteiger partial charge < -0.3 is 25.6 Å². The molecule has 0 heterocycles. The summed E-state index contributed by atoms with van der Waals surface area (Å²) in [6, 6.07) is 13.0. The molecule has 0 aliphatic rings. The highest BCUT2D eigenvalue weighted by Crippen LogP contribution is 2.29. The molecule has 0 aromatic heterocycles. The van der Waals surface area contributed by atoms with E-state index in [0.29, 0.717) is 17.1 Å². The Labute approximate surface area is 141 Å². The minimum Gasteiger partial charge on any atom is -0.497 e. The summed E-state index contributed by atoms with van der Waals surface area (Å²) in [6.45, 7) is 2.10. The molecule has 0 aliphatic carbocycles. The van der Waals surface area contributed by atoms with Crippen LogP contribution in [-0.4, -0.2) is 31.8 Å². The molecule has 0 bridgehead atoms. The maximum atomic E-state index is 10.4. The molecule has 0 amide bonds. The standard InChI is InChI=1S/C18H23N3O3/c1-12-5-4-6-13(9-12)21-18(19)20-11-16(22)15-10-14(23-2)7-8-17(15)24-3/h4-10,16,22H,11H2,1-3H3,(H3,19,20,21). The average molecular weight is 329 g/mol. The third-order valence-electron chi connectivity index (χ3n) is 3.52. The Balaban J connectivity index is 2.07. The molecule has 6 nitrogen and oxygen atoms in total. The molecule has 2 aromatic rings. The van der Waals surface area contributed by atoms with Gasteiger partial charge in [-0.2, -0.15) is 0 Å². The minimum absolute atomic E-state index is 0.105. The van der Waals surface area contributed by atoms with E-state index in [1.54, 1.807) is 32.4 Å². The number of nitrogens with one attached hydrogen (secondary N) is 1. The van der Waals surface area contributed by atoms with Crippen LogP contribution >= 0.6 is 0 Å². The van der Waals surface area contributed by atoms with Crippen LogP contribution in [-0.2, 0) is 0 Å². The van der Waals surface area contributed by atoms with Crippen molar-refractivity contribution < 1.29 is 14.6 Å². The second-order valence-electron chi connectivity index (χ2n) is 5.34. The third kappa shape index (κ3) is 4.63. The van der Waals surface area contributed by atoms with Gasteiger partial charge in [-0.05, 0) is 42.8 Å². The summed E-state index contributed by atoms with van der Waals surface area (Å²) in [5, 5.41) is 13.4. The lowest BCUT2D eigenvalue weighted by Gasteiger charge is -2.15. The van der Waals surface area contributed by atoms with Gasteiger partial charge in [0.25, 0.3) is 0 Å². The van der Waals surface area contributed by atoms with E-state index in [1.807, 2.05) is 31.2 Å². The van der Waals surface area contributed by atoms with Crippen molar-refractivity contribution in [2.75, 3.05) is 26.1 Å². The summed E-state index contributed by atoms with van der Waals surface area (Å²) < 4.78 is 10.5. The molecule has 2 aromatic carbocycles. The maximum absolute atomic E-state index is 10.4. The predicted molar refractivity (Wildman–Crippen MR) is 95.8 cm³/mol. The van der Waals surface area contributed by atoms with E-state index in [2.05, 4.69) is 10.3 Å². The number of methoxy groups -OCH3 is 2. The van der Waals surface area contributed by atoms with Gasteiger partial charge in [-0.25, -0.2) is 0 Å². The second-order valence-corrected chi connectivity index (χ2v) is 5.34. The number of hydrogen-bond acceptors (Lipinski definition) is 4. The number of nitrogens with two attached hydrogens (primary N) is 1. The molecule has 0 aliphatic heterocycles. The van der Waals surface area contributed by atoms with Gasteiger partial charge in [0.05, 0.1) is 20.8 Å². The number of aryl methyl sites for hydroxylation is 1. The lowest BCUT2D eigenvalue weighted by Crippen LogP contribution is -2.23. The molecule has 1 unspecified atom stereocenters. The molecule has 0 saturated heterocycles. The van der Waals surface area contributed by atoms with Gasteiger partial charge in [0.15, 0.2) is 5.96 Å². The lowest BCUT2D eigenvalue weighted by atomic mass is 10.1. The summed E-state index contributed by atoms with van der Waals surface area (Å²) >= 11 is 0. The molecule has 24 heavy (non-hydrogen) atoms. The summed E-state index contributed by atoms with van der Waals surface area (Å²) in [6.07, 6.45) is -0.854. The van der Waals surface area contributed by atoms with Crippen LogP contribution < -0.4 is 20.5 Å². The molecular formula is C18H23N3O3. The first-order chi connectivity index (χ1) is 11.5. The third-order valence-corrected chi connectivity index (χ3v) is 3.52. The Morgan fingerprint density at radius 3 is 2.67 bits per heavy atom. The van der Waals surface area contributed by atoms with Gasteiger partial charge in [-0.3, -0.25) is 4.99 Å². The quantitative estimate of drug-likeness (QED) is 0.559. The number of benzene rings is 2. The highest BCUT2D eigenvalue weighted by Gasteiger charge is 2.14. The molecule has 4 N–H and O–H groups in total. The number of anilines is 1. The highest BCUT2D eigenvalue weighted by molar-refractivity contribution is 5.92. The smallest absolute Gasteiger partial charge is 0.193 e. The first kappa shape index (κ1) is 17.6. The molecule has 0 saturated carbocycles. The SMILES string of the molecule is COc1ccc(OC)c(C(O)CN=C(N)Nc2cccc(C)c2)c1. The van der Waals surface area contributed by atoms with E-state index in [9.17, 15) is 5.11 Å².